The first-order valence-electron chi connectivity index (χ1n) is 7.57. The number of unbranched alkanes of at least 4 members (excludes halogenated alkanes) is 2. The Kier molecular flexibility index (Phi) is 5.00. The van der Waals surface area contributed by atoms with Gasteiger partial charge in [0.25, 0.3) is 0 Å². The van der Waals surface area contributed by atoms with E-state index in [1.54, 1.807) is 0 Å². The predicted octanol–water partition coefficient (Wildman–Crippen LogP) is 3.88. The molecule has 3 unspecified atom stereocenters. The second-order valence-electron chi connectivity index (χ2n) is 5.76. The molecule has 0 saturated heterocycles. The average Bonchev–Trinajstić information content (AvgIpc) is 3.20. The number of carbonyl (C=O) groups excluding carboxylic acids is 1. The van der Waals surface area contributed by atoms with E-state index in [-0.39, 0.29) is 11.8 Å². The first-order chi connectivity index (χ1) is 9.22. The van der Waals surface area contributed by atoms with Gasteiger partial charge in [-0.15, -0.1) is 0 Å². The molecular formula is C17H25NO. The lowest BCUT2D eigenvalue weighted by molar-refractivity contribution is -0.123. The molecule has 0 bridgehead atoms. The highest BCUT2D eigenvalue weighted by molar-refractivity contribution is 5.83. The standard InChI is InChI=1S/C17H25NO/c1-3-4-6-9-13(2)18-17(19)16-12-15(16)14-10-7-5-8-11-14/h5,7-8,10-11,13,15-16H,3-4,6,9,12H2,1-2H3,(H,18,19). The molecule has 0 heterocycles. The molecule has 2 heteroatoms. The summed E-state index contributed by atoms with van der Waals surface area (Å²) < 4.78 is 0. The van der Waals surface area contributed by atoms with Crippen LogP contribution in [-0.2, 0) is 4.79 Å². The second kappa shape index (κ2) is 6.74. The highest BCUT2D eigenvalue weighted by Gasteiger charge is 2.43. The van der Waals surface area contributed by atoms with Gasteiger partial charge in [-0.3, -0.25) is 4.79 Å². The molecule has 3 atom stereocenters. The van der Waals surface area contributed by atoms with Crippen LogP contribution in [0.1, 0.15) is 57.4 Å². The van der Waals surface area contributed by atoms with Gasteiger partial charge >= 0.3 is 0 Å². The summed E-state index contributed by atoms with van der Waals surface area (Å²) in [5.41, 5.74) is 1.31. The van der Waals surface area contributed by atoms with Crippen molar-refractivity contribution in [2.24, 2.45) is 5.92 Å². The van der Waals surface area contributed by atoms with Crippen LogP contribution in [0.15, 0.2) is 30.3 Å². The molecule has 0 radical (unpaired) electrons. The zero-order valence-electron chi connectivity index (χ0n) is 12.1. The highest BCUT2D eigenvalue weighted by Crippen LogP contribution is 2.47. The van der Waals surface area contributed by atoms with Crippen molar-refractivity contribution in [3.8, 4) is 0 Å². The van der Waals surface area contributed by atoms with Crippen molar-refractivity contribution in [2.75, 3.05) is 0 Å². The number of carbonyl (C=O) groups is 1. The van der Waals surface area contributed by atoms with Gasteiger partial charge in [0.15, 0.2) is 0 Å². The van der Waals surface area contributed by atoms with Gasteiger partial charge in [0, 0.05) is 12.0 Å². The lowest BCUT2D eigenvalue weighted by Gasteiger charge is -2.13. The minimum absolute atomic E-state index is 0.205. The molecule has 1 aromatic carbocycles. The molecule has 1 fully saturated rings. The zero-order chi connectivity index (χ0) is 13.7. The average molecular weight is 259 g/mol. The molecule has 2 nitrogen and oxygen atoms in total. The fraction of sp³-hybridized carbons (Fsp3) is 0.588. The van der Waals surface area contributed by atoms with Gasteiger partial charge < -0.3 is 5.32 Å². The van der Waals surface area contributed by atoms with Crippen molar-refractivity contribution in [1.82, 2.24) is 5.32 Å². The quantitative estimate of drug-likeness (QED) is 0.740. The molecule has 1 aromatic rings. The number of benzene rings is 1. The number of hydrogen-bond acceptors (Lipinski definition) is 1. The van der Waals surface area contributed by atoms with Crippen molar-refractivity contribution in [3.63, 3.8) is 0 Å². The molecular weight excluding hydrogens is 234 g/mol. The van der Waals surface area contributed by atoms with Crippen LogP contribution in [0.3, 0.4) is 0 Å². The first kappa shape index (κ1) is 14.1. The third-order valence-electron chi connectivity index (χ3n) is 3.98. The monoisotopic (exact) mass is 259 g/mol. The van der Waals surface area contributed by atoms with E-state index in [0.717, 1.165) is 12.8 Å². The summed E-state index contributed by atoms with van der Waals surface area (Å²) in [6.07, 6.45) is 5.82. The van der Waals surface area contributed by atoms with Crippen molar-refractivity contribution in [2.45, 2.75) is 57.9 Å². The minimum atomic E-state index is 0.205. The maximum Gasteiger partial charge on any atom is 0.223 e. The fourth-order valence-corrected chi connectivity index (χ4v) is 2.68. The van der Waals surface area contributed by atoms with Crippen LogP contribution in [0.25, 0.3) is 0 Å². The van der Waals surface area contributed by atoms with Crippen LogP contribution in [0.2, 0.25) is 0 Å². The number of rotatable bonds is 7. The first-order valence-corrected chi connectivity index (χ1v) is 7.57. The summed E-state index contributed by atoms with van der Waals surface area (Å²) in [6.45, 7) is 4.32. The Morgan fingerprint density at radius 2 is 2.05 bits per heavy atom. The lowest BCUT2D eigenvalue weighted by Crippen LogP contribution is -2.33. The van der Waals surface area contributed by atoms with Crippen molar-refractivity contribution in [3.05, 3.63) is 35.9 Å². The molecule has 104 valence electrons. The molecule has 1 aliphatic carbocycles. The molecule has 0 aliphatic heterocycles. The van der Waals surface area contributed by atoms with E-state index < -0.39 is 0 Å². The lowest BCUT2D eigenvalue weighted by atomic mass is 10.1. The predicted molar refractivity (Wildman–Crippen MR) is 79.0 cm³/mol. The summed E-state index contributed by atoms with van der Waals surface area (Å²) in [6, 6.07) is 10.7. The smallest absolute Gasteiger partial charge is 0.223 e. The van der Waals surface area contributed by atoms with Gasteiger partial charge in [-0.1, -0.05) is 56.5 Å². The van der Waals surface area contributed by atoms with Crippen molar-refractivity contribution >= 4 is 5.91 Å². The number of hydrogen-bond donors (Lipinski definition) is 1. The SMILES string of the molecule is CCCCCC(C)NC(=O)C1CC1c1ccccc1. The molecule has 1 aliphatic rings. The van der Waals surface area contributed by atoms with Crippen LogP contribution in [0.4, 0.5) is 0 Å². The Hall–Kier alpha value is -1.31. The van der Waals surface area contributed by atoms with Crippen molar-refractivity contribution in [1.29, 1.82) is 0 Å². The van der Waals surface area contributed by atoms with E-state index in [4.69, 9.17) is 0 Å². The van der Waals surface area contributed by atoms with Gasteiger partial charge in [0.05, 0.1) is 0 Å². The third-order valence-corrected chi connectivity index (χ3v) is 3.98. The Morgan fingerprint density at radius 1 is 1.32 bits per heavy atom. The van der Waals surface area contributed by atoms with Gasteiger partial charge in [-0.05, 0) is 31.2 Å². The summed E-state index contributed by atoms with van der Waals surface area (Å²) in [5.74, 6) is 0.901. The maximum absolute atomic E-state index is 12.1. The maximum atomic E-state index is 12.1. The van der Waals surface area contributed by atoms with Crippen LogP contribution < -0.4 is 5.32 Å². The van der Waals surface area contributed by atoms with Gasteiger partial charge in [-0.25, -0.2) is 0 Å². The van der Waals surface area contributed by atoms with Crippen LogP contribution in [0, 0.1) is 5.92 Å². The largest absolute Gasteiger partial charge is 0.353 e. The summed E-state index contributed by atoms with van der Waals surface area (Å²) in [5, 5.41) is 3.16. The summed E-state index contributed by atoms with van der Waals surface area (Å²) in [7, 11) is 0. The van der Waals surface area contributed by atoms with Crippen LogP contribution >= 0.6 is 0 Å². The molecule has 1 amide bonds. The van der Waals surface area contributed by atoms with Gasteiger partial charge in [-0.2, -0.15) is 0 Å². The Morgan fingerprint density at radius 3 is 2.74 bits per heavy atom. The van der Waals surface area contributed by atoms with E-state index in [1.807, 2.05) is 6.07 Å². The van der Waals surface area contributed by atoms with Gasteiger partial charge in [0.1, 0.15) is 0 Å². The Bertz CT molecular complexity index is 401. The minimum Gasteiger partial charge on any atom is -0.353 e. The van der Waals surface area contributed by atoms with E-state index >= 15 is 0 Å². The zero-order valence-corrected chi connectivity index (χ0v) is 12.1. The Labute approximate surface area is 116 Å². The number of amides is 1. The topological polar surface area (TPSA) is 29.1 Å². The van der Waals surface area contributed by atoms with Gasteiger partial charge in [0.2, 0.25) is 5.91 Å². The molecule has 1 N–H and O–H groups in total. The number of nitrogens with one attached hydrogen (secondary N) is 1. The normalized spacial score (nSPS) is 22.8. The second-order valence-corrected chi connectivity index (χ2v) is 5.76. The molecule has 0 aromatic heterocycles. The van der Waals surface area contributed by atoms with Crippen LogP contribution in [0.5, 0.6) is 0 Å². The highest BCUT2D eigenvalue weighted by atomic mass is 16.2. The molecule has 2 rings (SSSR count). The summed E-state index contributed by atoms with van der Waals surface area (Å²) >= 11 is 0. The Balaban J connectivity index is 1.74. The molecule has 1 saturated carbocycles. The molecule has 0 spiro atoms. The van der Waals surface area contributed by atoms with E-state index in [9.17, 15) is 4.79 Å². The molecule has 19 heavy (non-hydrogen) atoms. The van der Waals surface area contributed by atoms with Crippen LogP contribution in [-0.4, -0.2) is 11.9 Å². The van der Waals surface area contributed by atoms with Crippen molar-refractivity contribution < 1.29 is 4.79 Å². The third kappa shape index (κ3) is 4.09. The fourth-order valence-electron chi connectivity index (χ4n) is 2.68. The van der Waals surface area contributed by atoms with E-state index in [0.29, 0.717) is 12.0 Å². The summed E-state index contributed by atoms with van der Waals surface area (Å²) in [4.78, 5) is 12.1. The van der Waals surface area contributed by atoms with E-state index in [1.165, 1.54) is 24.8 Å². The van der Waals surface area contributed by atoms with E-state index in [2.05, 4.69) is 43.4 Å².